The van der Waals surface area contributed by atoms with Crippen LogP contribution in [0.15, 0.2) is 84.1 Å². The monoisotopic (exact) mass is 906 g/mol. The van der Waals surface area contributed by atoms with Crippen LogP contribution in [0.25, 0.3) is 0 Å². The lowest BCUT2D eigenvalue weighted by molar-refractivity contribution is -0.258. The number of unbranched alkanes of at least 4 members (excludes halogenated alkanes) is 2. The highest BCUT2D eigenvalue weighted by atomic mass is 16.7. The fraction of sp³-hybridized carbons (Fsp3) is 0.574. The lowest BCUT2D eigenvalue weighted by Gasteiger charge is -2.60. The highest BCUT2D eigenvalue weighted by Crippen LogP contribution is 2.62. The normalized spacial score (nSPS) is 24.8. The van der Waals surface area contributed by atoms with Gasteiger partial charge in [-0.05, 0) is 131 Å². The smallest absolute Gasteiger partial charge is 0.239 e. The number of benzene rings is 2. The predicted octanol–water partition coefficient (Wildman–Crippen LogP) is 10.1. The summed E-state index contributed by atoms with van der Waals surface area (Å²) < 4.78 is 32.9. The SMILES string of the molecule is C=CCO[C@@]12Oc3ccc(OCc4cccc(C)n4)cc3[C@H]3[C@H](CCCCO)[C@@H](CCCCO)C=C(C(=NOC(C)(C)C)C[C@@H]1N(Cc1ccc4c(c1)OCO4)C(=O)CCC1CCCC1)[C@H]32. The van der Waals surface area contributed by atoms with Crippen molar-refractivity contribution in [3.05, 3.63) is 101 Å². The molecule has 2 saturated carbocycles. The number of hydrogen-bond acceptors (Lipinski definition) is 11. The summed E-state index contributed by atoms with van der Waals surface area (Å²) in [6.45, 7) is 13.2. The summed E-state index contributed by atoms with van der Waals surface area (Å²) in [4.78, 5) is 28.4. The van der Waals surface area contributed by atoms with Gasteiger partial charge in [0.15, 0.2) is 11.5 Å². The topological polar surface area (TPSA) is 141 Å². The molecule has 1 amide bonds. The third-order valence-corrected chi connectivity index (χ3v) is 14.1. The summed E-state index contributed by atoms with van der Waals surface area (Å²) >= 11 is 0. The maximum atomic E-state index is 15.3. The quantitative estimate of drug-likeness (QED) is 0.0603. The maximum absolute atomic E-state index is 15.3. The first-order valence-electron chi connectivity index (χ1n) is 24.5. The molecule has 3 aromatic rings. The standard InChI is InChI=1S/C54H71N3O9/c1-6-28-64-54-49(57(50(60)25-21-37-15-7-8-16-37)33-38-20-23-47-48(29-38)63-35-62-47)32-45(56-66-53(3,4)5)43-30-39(17-9-11-26-58)42(19-10-12-27-59)51(52(43)54)44-31-41(22-24-46(44)65-54)61-34-40-18-13-14-36(2)55-40/h6,13-14,18,20,22-24,29-31,37,39,42,49,51-52,58-59H,1,7-12,15-17,19,21,25-28,32-35H2,2-5H3/t39-,42+,49-,51+,52+,54+/m0/s1. The van der Waals surface area contributed by atoms with Crippen LogP contribution in [-0.4, -0.2) is 75.8 Å². The second-order valence-electron chi connectivity index (χ2n) is 19.9. The summed E-state index contributed by atoms with van der Waals surface area (Å²) in [5, 5.41) is 25.1. The molecule has 8 rings (SSSR count). The zero-order chi connectivity index (χ0) is 46.3. The number of carbonyl (C=O) groups excluding carboxylic acids is 1. The Morgan fingerprint density at radius 1 is 0.970 bits per heavy atom. The Morgan fingerprint density at radius 3 is 2.50 bits per heavy atom. The second kappa shape index (κ2) is 21.4. The molecule has 6 atom stereocenters. The van der Waals surface area contributed by atoms with Crippen molar-refractivity contribution in [3.63, 3.8) is 0 Å². The van der Waals surface area contributed by atoms with E-state index in [1.807, 2.05) is 81.1 Å². The minimum Gasteiger partial charge on any atom is -0.487 e. The lowest BCUT2D eigenvalue weighted by atomic mass is 9.55. The van der Waals surface area contributed by atoms with Gasteiger partial charge in [0.1, 0.15) is 29.7 Å². The molecule has 0 spiro atoms. The zero-order valence-electron chi connectivity index (χ0n) is 39.6. The van der Waals surface area contributed by atoms with Gasteiger partial charge in [0.25, 0.3) is 0 Å². The second-order valence-corrected chi connectivity index (χ2v) is 19.9. The van der Waals surface area contributed by atoms with Crippen LogP contribution in [0, 0.1) is 30.6 Å². The van der Waals surface area contributed by atoms with E-state index < -0.39 is 23.3 Å². The van der Waals surface area contributed by atoms with E-state index in [9.17, 15) is 10.2 Å². The van der Waals surface area contributed by atoms with Crippen LogP contribution in [0.3, 0.4) is 0 Å². The van der Waals surface area contributed by atoms with Gasteiger partial charge in [-0.3, -0.25) is 9.78 Å². The molecular weight excluding hydrogens is 835 g/mol. The van der Waals surface area contributed by atoms with Crippen molar-refractivity contribution in [2.24, 2.45) is 28.8 Å². The Balaban J connectivity index is 1.31. The molecule has 2 aliphatic heterocycles. The average molecular weight is 906 g/mol. The highest BCUT2D eigenvalue weighted by Gasteiger charge is 2.65. The number of oxime groups is 1. The Bertz CT molecular complexity index is 2210. The Hall–Kier alpha value is -4.91. The molecule has 5 aliphatic rings. The van der Waals surface area contributed by atoms with E-state index in [2.05, 4.69) is 18.7 Å². The van der Waals surface area contributed by atoms with Crippen molar-refractivity contribution < 1.29 is 43.5 Å². The van der Waals surface area contributed by atoms with Crippen LogP contribution in [0.5, 0.6) is 23.0 Å². The van der Waals surface area contributed by atoms with Crippen LogP contribution in [-0.2, 0) is 27.5 Å². The Labute approximate surface area is 391 Å². The van der Waals surface area contributed by atoms with Gasteiger partial charge in [0, 0.05) is 49.8 Å². The fourth-order valence-corrected chi connectivity index (χ4v) is 11.1. The van der Waals surface area contributed by atoms with Crippen LogP contribution in [0.2, 0.25) is 0 Å². The predicted molar refractivity (Wildman–Crippen MR) is 253 cm³/mol. The third kappa shape index (κ3) is 10.8. The van der Waals surface area contributed by atoms with E-state index in [0.717, 1.165) is 78.7 Å². The number of aliphatic hydroxyl groups excluding tert-OH is 2. The van der Waals surface area contributed by atoms with Crippen molar-refractivity contribution in [2.75, 3.05) is 26.6 Å². The molecule has 2 fully saturated rings. The molecule has 12 nitrogen and oxygen atoms in total. The zero-order valence-corrected chi connectivity index (χ0v) is 39.6. The van der Waals surface area contributed by atoms with Crippen LogP contribution in [0.4, 0.5) is 0 Å². The van der Waals surface area contributed by atoms with Crippen LogP contribution >= 0.6 is 0 Å². The molecule has 1 aromatic heterocycles. The molecule has 0 radical (unpaired) electrons. The number of aromatic nitrogens is 1. The molecule has 0 saturated heterocycles. The number of nitrogens with zero attached hydrogens (tertiary/aromatic N) is 3. The van der Waals surface area contributed by atoms with Gasteiger partial charge >= 0.3 is 0 Å². The van der Waals surface area contributed by atoms with Crippen molar-refractivity contribution >= 4 is 11.6 Å². The van der Waals surface area contributed by atoms with E-state index in [4.69, 9.17) is 38.7 Å². The van der Waals surface area contributed by atoms with E-state index in [0.29, 0.717) is 61.2 Å². The Kier molecular flexibility index (Phi) is 15.4. The lowest BCUT2D eigenvalue weighted by Crippen LogP contribution is -2.70. The largest absolute Gasteiger partial charge is 0.487 e. The van der Waals surface area contributed by atoms with Crippen molar-refractivity contribution in [3.8, 4) is 23.0 Å². The number of ether oxygens (including phenoxy) is 5. The number of hydrogen-bond donors (Lipinski definition) is 2. The number of allylic oxidation sites excluding steroid dienone is 1. The van der Waals surface area contributed by atoms with Crippen molar-refractivity contribution in [2.45, 2.75) is 148 Å². The van der Waals surface area contributed by atoms with Crippen LogP contribution in [0.1, 0.15) is 133 Å². The maximum Gasteiger partial charge on any atom is 0.239 e. The average Bonchev–Trinajstić information content (AvgIpc) is 4.02. The molecule has 3 heterocycles. The molecular formula is C54H71N3O9. The number of amides is 1. The van der Waals surface area contributed by atoms with Gasteiger partial charge in [-0.1, -0.05) is 68.0 Å². The molecule has 12 heteroatoms. The number of fused-ring (bicyclic) bond motifs is 3. The number of rotatable bonds is 21. The molecule has 356 valence electrons. The first-order chi connectivity index (χ1) is 32.0. The Morgan fingerprint density at radius 2 is 1.74 bits per heavy atom. The van der Waals surface area contributed by atoms with Crippen LogP contribution < -0.4 is 18.9 Å². The molecule has 66 heavy (non-hydrogen) atoms. The van der Waals surface area contributed by atoms with Gasteiger partial charge in [0.2, 0.25) is 18.5 Å². The van der Waals surface area contributed by atoms with E-state index in [1.165, 1.54) is 12.8 Å². The van der Waals surface area contributed by atoms with Gasteiger partial charge in [-0.2, -0.15) is 0 Å². The number of aliphatic hydroxyl groups is 2. The summed E-state index contributed by atoms with van der Waals surface area (Å²) in [6, 6.07) is 17.3. The molecule has 2 aromatic carbocycles. The number of aryl methyl sites for hydroxylation is 1. The highest BCUT2D eigenvalue weighted by molar-refractivity contribution is 6.03. The molecule has 0 bridgehead atoms. The summed E-state index contributed by atoms with van der Waals surface area (Å²) in [6.07, 6.45) is 15.1. The fourth-order valence-electron chi connectivity index (χ4n) is 11.1. The van der Waals surface area contributed by atoms with Gasteiger partial charge in [0.05, 0.1) is 23.9 Å². The van der Waals surface area contributed by atoms with Crippen molar-refractivity contribution in [1.29, 1.82) is 0 Å². The molecule has 0 unspecified atom stereocenters. The van der Waals surface area contributed by atoms with Crippen molar-refractivity contribution in [1.82, 2.24) is 9.88 Å². The number of carbonyl (C=O) groups is 1. The summed E-state index contributed by atoms with van der Waals surface area (Å²) in [5.41, 5.74) is 4.86. The summed E-state index contributed by atoms with van der Waals surface area (Å²) in [5.74, 6) is 1.46. The van der Waals surface area contributed by atoms with Gasteiger partial charge in [-0.25, -0.2) is 0 Å². The third-order valence-electron chi connectivity index (χ3n) is 14.1. The number of pyridine rings is 1. The van der Waals surface area contributed by atoms with E-state index in [-0.39, 0.29) is 56.8 Å². The van der Waals surface area contributed by atoms with Gasteiger partial charge < -0.3 is 43.6 Å². The van der Waals surface area contributed by atoms with E-state index in [1.54, 1.807) is 6.08 Å². The minimum absolute atomic E-state index is 0.0336. The first kappa shape index (κ1) is 47.6. The molecule has 3 aliphatic carbocycles. The minimum atomic E-state index is -1.38. The molecule has 2 N–H and O–H groups in total. The van der Waals surface area contributed by atoms with E-state index >= 15 is 4.79 Å². The van der Waals surface area contributed by atoms with Gasteiger partial charge in [-0.15, -0.1) is 6.58 Å². The first-order valence-corrected chi connectivity index (χ1v) is 24.5. The summed E-state index contributed by atoms with van der Waals surface area (Å²) in [7, 11) is 0.